The highest BCUT2D eigenvalue weighted by Crippen LogP contribution is 2.28. The summed E-state index contributed by atoms with van der Waals surface area (Å²) in [4.78, 5) is 10.1. The molecule has 0 fully saturated rings. The Morgan fingerprint density at radius 2 is 2.36 bits per heavy atom. The number of rotatable bonds is 2. The highest BCUT2D eigenvalue weighted by molar-refractivity contribution is 7.14. The van der Waals surface area contributed by atoms with E-state index in [-0.39, 0.29) is 5.69 Å². The number of nitrogens with one attached hydrogen (secondary N) is 1. The van der Waals surface area contributed by atoms with Crippen molar-refractivity contribution < 1.29 is 4.92 Å². The zero-order valence-electron chi connectivity index (χ0n) is 7.09. The van der Waals surface area contributed by atoms with E-state index in [1.165, 1.54) is 11.3 Å². The van der Waals surface area contributed by atoms with Crippen molar-refractivity contribution in [3.05, 3.63) is 21.3 Å². The first-order valence-corrected chi connectivity index (χ1v) is 4.48. The Morgan fingerprint density at radius 3 is 2.93 bits per heavy atom. The molecular formula is C6H5N5O2S. The molecule has 72 valence electrons. The first-order chi connectivity index (χ1) is 6.68. The fraction of sp³-hybridized carbons (Fsp3) is 0.167. The molecule has 7 nitrogen and oxygen atoms in total. The number of aromatic nitrogens is 4. The smallest absolute Gasteiger partial charge is 0.269 e. The van der Waals surface area contributed by atoms with Crippen molar-refractivity contribution >= 4 is 17.0 Å². The first-order valence-electron chi connectivity index (χ1n) is 3.66. The van der Waals surface area contributed by atoms with E-state index in [2.05, 4.69) is 20.4 Å². The van der Waals surface area contributed by atoms with Crippen LogP contribution in [-0.4, -0.2) is 25.3 Å². The molecule has 0 radical (unpaired) electrons. The summed E-state index contributed by atoms with van der Waals surface area (Å²) in [6.07, 6.45) is 1.16. The second-order valence-electron chi connectivity index (χ2n) is 2.51. The largest absolute Gasteiger partial charge is 0.317 e. The van der Waals surface area contributed by atoms with E-state index in [0.717, 1.165) is 11.2 Å². The van der Waals surface area contributed by atoms with Crippen molar-refractivity contribution in [2.75, 3.05) is 0 Å². The zero-order chi connectivity index (χ0) is 10.1. The second kappa shape index (κ2) is 3.14. The maximum absolute atomic E-state index is 10.6. The molecule has 2 aromatic heterocycles. The van der Waals surface area contributed by atoms with Gasteiger partial charge in [0, 0.05) is 0 Å². The van der Waals surface area contributed by atoms with E-state index in [4.69, 9.17) is 0 Å². The third-order valence-corrected chi connectivity index (χ3v) is 2.41. The molecule has 8 heteroatoms. The van der Waals surface area contributed by atoms with Crippen LogP contribution < -0.4 is 0 Å². The standard InChI is InChI=1S/C6H5N5O2S/c1-3-8-10-6(14-3)5-4(11(12)13)2-7-9-5/h2H,1H3,(H,7,9). The minimum Gasteiger partial charge on any atom is -0.269 e. The van der Waals surface area contributed by atoms with Gasteiger partial charge in [-0.05, 0) is 6.92 Å². The first kappa shape index (κ1) is 8.75. The van der Waals surface area contributed by atoms with Gasteiger partial charge >= 0.3 is 5.69 Å². The lowest BCUT2D eigenvalue weighted by atomic mass is 10.4. The van der Waals surface area contributed by atoms with Crippen LogP contribution in [0.25, 0.3) is 10.7 Å². The van der Waals surface area contributed by atoms with E-state index < -0.39 is 4.92 Å². The summed E-state index contributed by atoms with van der Waals surface area (Å²) in [6.45, 7) is 1.78. The van der Waals surface area contributed by atoms with E-state index in [1.54, 1.807) is 6.92 Å². The van der Waals surface area contributed by atoms with Gasteiger partial charge in [0.05, 0.1) is 4.92 Å². The summed E-state index contributed by atoms with van der Waals surface area (Å²) in [7, 11) is 0. The lowest BCUT2D eigenvalue weighted by molar-refractivity contribution is -0.384. The van der Waals surface area contributed by atoms with Gasteiger partial charge < -0.3 is 0 Å². The van der Waals surface area contributed by atoms with Gasteiger partial charge in [-0.1, -0.05) is 11.3 Å². The van der Waals surface area contributed by atoms with E-state index >= 15 is 0 Å². The quantitative estimate of drug-likeness (QED) is 0.593. The van der Waals surface area contributed by atoms with E-state index in [0.29, 0.717) is 10.7 Å². The van der Waals surface area contributed by atoms with Crippen LogP contribution >= 0.6 is 11.3 Å². The average molecular weight is 211 g/mol. The van der Waals surface area contributed by atoms with Gasteiger partial charge in [0.2, 0.25) is 0 Å². The molecule has 0 saturated heterocycles. The predicted molar refractivity (Wildman–Crippen MR) is 48.9 cm³/mol. The fourth-order valence-electron chi connectivity index (χ4n) is 0.973. The Bertz CT molecular complexity index is 476. The summed E-state index contributed by atoms with van der Waals surface area (Å²) in [5.41, 5.74) is 0.224. The normalized spacial score (nSPS) is 10.4. The van der Waals surface area contributed by atoms with Crippen LogP contribution in [0.2, 0.25) is 0 Å². The van der Waals surface area contributed by atoms with Crippen LogP contribution in [0.1, 0.15) is 5.01 Å². The van der Waals surface area contributed by atoms with Crippen LogP contribution in [0.15, 0.2) is 6.20 Å². The number of hydrogen-bond donors (Lipinski definition) is 1. The maximum Gasteiger partial charge on any atom is 0.317 e. The van der Waals surface area contributed by atoms with Gasteiger partial charge in [-0.2, -0.15) is 5.10 Å². The molecule has 0 atom stereocenters. The molecule has 0 bridgehead atoms. The molecule has 0 aliphatic carbocycles. The van der Waals surface area contributed by atoms with Crippen LogP contribution in [-0.2, 0) is 0 Å². The van der Waals surface area contributed by atoms with Crippen molar-refractivity contribution in [3.63, 3.8) is 0 Å². The van der Waals surface area contributed by atoms with E-state index in [9.17, 15) is 10.1 Å². The Kier molecular flexibility index (Phi) is 1.97. The third kappa shape index (κ3) is 1.35. The minimum absolute atomic E-state index is 0.0823. The molecule has 2 rings (SSSR count). The monoisotopic (exact) mass is 211 g/mol. The lowest BCUT2D eigenvalue weighted by Gasteiger charge is -1.88. The zero-order valence-corrected chi connectivity index (χ0v) is 7.91. The molecule has 2 aromatic rings. The number of nitro groups is 1. The summed E-state index contributed by atoms with van der Waals surface area (Å²) in [5.74, 6) is 0. The highest BCUT2D eigenvalue weighted by atomic mass is 32.1. The van der Waals surface area contributed by atoms with Gasteiger partial charge in [0.1, 0.15) is 11.2 Å². The van der Waals surface area contributed by atoms with Crippen LogP contribution in [0.3, 0.4) is 0 Å². The predicted octanol–water partition coefficient (Wildman–Crippen LogP) is 1.14. The SMILES string of the molecule is Cc1nnc(-c2[nH]ncc2[N+](=O)[O-])s1. The molecule has 2 heterocycles. The molecule has 0 amide bonds. The molecular weight excluding hydrogens is 206 g/mol. The summed E-state index contributed by atoms with van der Waals surface area (Å²) in [6, 6.07) is 0. The minimum atomic E-state index is -0.504. The molecule has 0 aromatic carbocycles. The van der Waals surface area contributed by atoms with Gasteiger partial charge in [0.25, 0.3) is 0 Å². The van der Waals surface area contributed by atoms with Crippen molar-refractivity contribution in [1.82, 2.24) is 20.4 Å². The number of aryl methyl sites for hydroxylation is 1. The number of hydrogen-bond acceptors (Lipinski definition) is 6. The second-order valence-corrected chi connectivity index (χ2v) is 3.70. The summed E-state index contributed by atoms with van der Waals surface area (Å²) < 4.78 is 0. The number of H-pyrrole nitrogens is 1. The summed E-state index contributed by atoms with van der Waals surface area (Å²) in [5, 5.41) is 25.5. The maximum atomic E-state index is 10.6. The molecule has 0 aliphatic rings. The molecule has 0 aliphatic heterocycles. The van der Waals surface area contributed by atoms with Crippen molar-refractivity contribution in [3.8, 4) is 10.7 Å². The summed E-state index contributed by atoms with van der Waals surface area (Å²) >= 11 is 1.28. The molecule has 0 spiro atoms. The van der Waals surface area contributed by atoms with Gasteiger partial charge in [-0.15, -0.1) is 10.2 Å². The van der Waals surface area contributed by atoms with Gasteiger partial charge in [0.15, 0.2) is 10.7 Å². The number of nitrogens with zero attached hydrogens (tertiary/aromatic N) is 4. The lowest BCUT2D eigenvalue weighted by Crippen LogP contribution is -1.88. The number of aromatic amines is 1. The van der Waals surface area contributed by atoms with Crippen molar-refractivity contribution in [1.29, 1.82) is 0 Å². The van der Waals surface area contributed by atoms with Crippen LogP contribution in [0.5, 0.6) is 0 Å². The van der Waals surface area contributed by atoms with Crippen molar-refractivity contribution in [2.45, 2.75) is 6.92 Å². The van der Waals surface area contributed by atoms with E-state index in [1.807, 2.05) is 0 Å². The Morgan fingerprint density at radius 1 is 1.57 bits per heavy atom. The fourth-order valence-corrected chi connectivity index (χ4v) is 1.67. The Hall–Kier alpha value is -1.83. The molecule has 0 unspecified atom stereocenters. The third-order valence-electron chi connectivity index (χ3n) is 1.56. The van der Waals surface area contributed by atoms with Gasteiger partial charge in [-0.3, -0.25) is 15.2 Å². The molecule has 14 heavy (non-hydrogen) atoms. The van der Waals surface area contributed by atoms with Crippen molar-refractivity contribution in [2.24, 2.45) is 0 Å². The van der Waals surface area contributed by atoms with Crippen LogP contribution in [0.4, 0.5) is 5.69 Å². The topological polar surface area (TPSA) is 97.6 Å². The van der Waals surface area contributed by atoms with Gasteiger partial charge in [-0.25, -0.2) is 0 Å². The Labute approximate surface area is 82.0 Å². The Balaban J connectivity index is 2.51. The molecule has 1 N–H and O–H groups in total. The highest BCUT2D eigenvalue weighted by Gasteiger charge is 2.20. The molecule has 0 saturated carbocycles. The average Bonchev–Trinajstić information content (AvgIpc) is 2.70. The van der Waals surface area contributed by atoms with Crippen LogP contribution in [0, 0.1) is 17.0 Å².